The standard InChI is InChI=1S/C16H19N3O4.ClH/c1-10(2)11-3-5-12(6-4-11)13(17)9-18-16(20)14-7-8-15(23-14)19(21)22;/h3-8,10,13H,9,17H2,1-2H3,(H,18,20);1H. The highest BCUT2D eigenvalue weighted by molar-refractivity contribution is 5.91. The zero-order valence-corrected chi connectivity index (χ0v) is 14.2. The zero-order chi connectivity index (χ0) is 17.0. The Labute approximate surface area is 145 Å². The largest absolute Gasteiger partial charge is 0.433 e. The van der Waals surface area contributed by atoms with Crippen molar-refractivity contribution < 1.29 is 14.1 Å². The monoisotopic (exact) mass is 353 g/mol. The SMILES string of the molecule is CC(C)c1ccc(C(N)CNC(=O)c2ccc([N+](=O)[O-])o2)cc1.Cl. The Morgan fingerprint density at radius 2 is 1.79 bits per heavy atom. The molecule has 1 unspecified atom stereocenters. The summed E-state index contributed by atoms with van der Waals surface area (Å²) < 4.78 is 4.84. The number of nitrogens with one attached hydrogen (secondary N) is 1. The van der Waals surface area contributed by atoms with Crippen LogP contribution in [0.1, 0.15) is 47.5 Å². The molecule has 0 saturated carbocycles. The lowest BCUT2D eigenvalue weighted by Crippen LogP contribution is -2.31. The molecule has 0 saturated heterocycles. The Bertz CT molecular complexity index is 698. The molecule has 1 atom stereocenters. The molecule has 7 nitrogen and oxygen atoms in total. The van der Waals surface area contributed by atoms with Gasteiger partial charge in [-0.2, -0.15) is 0 Å². The van der Waals surface area contributed by atoms with Gasteiger partial charge in [0.2, 0.25) is 0 Å². The van der Waals surface area contributed by atoms with E-state index in [0.717, 1.165) is 11.6 Å². The summed E-state index contributed by atoms with van der Waals surface area (Å²) in [5, 5.41) is 13.1. The molecule has 0 radical (unpaired) electrons. The van der Waals surface area contributed by atoms with Crippen molar-refractivity contribution in [2.24, 2.45) is 5.73 Å². The molecule has 0 aliphatic rings. The Balaban J connectivity index is 0.00000288. The average molecular weight is 354 g/mol. The van der Waals surface area contributed by atoms with Gasteiger partial charge < -0.3 is 15.5 Å². The lowest BCUT2D eigenvalue weighted by molar-refractivity contribution is -0.402. The van der Waals surface area contributed by atoms with Gasteiger partial charge in [-0.3, -0.25) is 14.9 Å². The predicted molar refractivity (Wildman–Crippen MR) is 92.4 cm³/mol. The minimum absolute atomic E-state index is 0. The quantitative estimate of drug-likeness (QED) is 0.612. The Hall–Kier alpha value is -2.38. The molecule has 0 bridgehead atoms. The van der Waals surface area contributed by atoms with E-state index in [4.69, 9.17) is 10.2 Å². The molecule has 0 spiro atoms. The summed E-state index contributed by atoms with van der Waals surface area (Å²) in [7, 11) is 0. The average Bonchev–Trinajstić information content (AvgIpc) is 3.02. The van der Waals surface area contributed by atoms with Crippen molar-refractivity contribution in [2.45, 2.75) is 25.8 Å². The second kappa shape index (κ2) is 8.47. The van der Waals surface area contributed by atoms with E-state index < -0.39 is 16.7 Å². The van der Waals surface area contributed by atoms with Crippen molar-refractivity contribution in [3.63, 3.8) is 0 Å². The fraction of sp³-hybridized carbons (Fsp3) is 0.312. The smallest absolute Gasteiger partial charge is 0.395 e. The summed E-state index contributed by atoms with van der Waals surface area (Å²) in [6.07, 6.45) is 0. The summed E-state index contributed by atoms with van der Waals surface area (Å²) in [4.78, 5) is 21.7. The molecule has 0 fully saturated rings. The van der Waals surface area contributed by atoms with E-state index in [1.54, 1.807) is 0 Å². The lowest BCUT2D eigenvalue weighted by Gasteiger charge is -2.14. The van der Waals surface area contributed by atoms with Crippen molar-refractivity contribution >= 4 is 24.2 Å². The highest BCUT2D eigenvalue weighted by atomic mass is 35.5. The van der Waals surface area contributed by atoms with Gasteiger partial charge >= 0.3 is 5.88 Å². The van der Waals surface area contributed by atoms with Crippen LogP contribution in [0.5, 0.6) is 0 Å². The molecule has 2 rings (SSSR count). The van der Waals surface area contributed by atoms with E-state index >= 15 is 0 Å². The van der Waals surface area contributed by atoms with E-state index in [9.17, 15) is 14.9 Å². The van der Waals surface area contributed by atoms with Crippen LogP contribution >= 0.6 is 12.4 Å². The molecule has 0 aliphatic heterocycles. The van der Waals surface area contributed by atoms with E-state index in [0.29, 0.717) is 5.92 Å². The molecule has 3 N–H and O–H groups in total. The van der Waals surface area contributed by atoms with Gasteiger partial charge in [0, 0.05) is 12.6 Å². The van der Waals surface area contributed by atoms with Crippen molar-refractivity contribution in [3.8, 4) is 0 Å². The van der Waals surface area contributed by atoms with Crippen molar-refractivity contribution in [2.75, 3.05) is 6.54 Å². The van der Waals surface area contributed by atoms with Crippen LogP contribution in [-0.4, -0.2) is 17.4 Å². The number of benzene rings is 1. The van der Waals surface area contributed by atoms with E-state index in [-0.39, 0.29) is 30.8 Å². The van der Waals surface area contributed by atoms with Crippen LogP contribution in [0.4, 0.5) is 5.88 Å². The van der Waals surface area contributed by atoms with Gasteiger partial charge in [0.05, 0.1) is 6.07 Å². The van der Waals surface area contributed by atoms with Crippen LogP contribution in [0.25, 0.3) is 0 Å². The lowest BCUT2D eigenvalue weighted by atomic mass is 9.99. The first-order valence-corrected chi connectivity index (χ1v) is 7.26. The normalized spacial score (nSPS) is 11.7. The number of nitrogens with zero attached hydrogens (tertiary/aromatic N) is 1. The van der Waals surface area contributed by atoms with Crippen molar-refractivity contribution in [3.05, 3.63) is 63.4 Å². The number of carbonyl (C=O) groups excluding carboxylic acids is 1. The van der Waals surface area contributed by atoms with Gasteiger partial charge in [-0.05, 0) is 23.1 Å². The molecular formula is C16H20ClN3O4. The molecule has 0 aliphatic carbocycles. The highest BCUT2D eigenvalue weighted by Gasteiger charge is 2.18. The molecule has 1 amide bonds. The third-order valence-electron chi connectivity index (χ3n) is 3.51. The second-order valence-corrected chi connectivity index (χ2v) is 5.53. The van der Waals surface area contributed by atoms with E-state index in [1.165, 1.54) is 11.6 Å². The number of amides is 1. The van der Waals surface area contributed by atoms with E-state index in [1.807, 2.05) is 24.3 Å². The topological polar surface area (TPSA) is 111 Å². The second-order valence-electron chi connectivity index (χ2n) is 5.53. The number of rotatable bonds is 6. The first-order valence-electron chi connectivity index (χ1n) is 7.26. The third kappa shape index (κ3) is 4.81. The van der Waals surface area contributed by atoms with Crippen LogP contribution in [0.2, 0.25) is 0 Å². The number of hydrogen-bond donors (Lipinski definition) is 2. The molecule has 1 aromatic carbocycles. The number of nitrogens with two attached hydrogens (primary N) is 1. The maximum atomic E-state index is 11.9. The van der Waals surface area contributed by atoms with Gasteiger partial charge in [-0.25, -0.2) is 0 Å². The molecular weight excluding hydrogens is 334 g/mol. The van der Waals surface area contributed by atoms with Crippen LogP contribution in [0, 0.1) is 10.1 Å². The van der Waals surface area contributed by atoms with Crippen molar-refractivity contribution in [1.82, 2.24) is 5.32 Å². The number of furan rings is 1. The molecule has 2 aromatic rings. The maximum Gasteiger partial charge on any atom is 0.433 e. The fourth-order valence-electron chi connectivity index (χ4n) is 2.08. The zero-order valence-electron chi connectivity index (χ0n) is 13.4. The molecule has 8 heteroatoms. The van der Waals surface area contributed by atoms with Crippen LogP contribution in [0.3, 0.4) is 0 Å². The minimum Gasteiger partial charge on any atom is -0.395 e. The summed E-state index contributed by atoms with van der Waals surface area (Å²) in [6, 6.07) is 9.92. The third-order valence-corrected chi connectivity index (χ3v) is 3.51. The van der Waals surface area contributed by atoms with Crippen LogP contribution < -0.4 is 11.1 Å². The van der Waals surface area contributed by atoms with Crippen LogP contribution in [-0.2, 0) is 0 Å². The fourth-order valence-corrected chi connectivity index (χ4v) is 2.08. The van der Waals surface area contributed by atoms with Crippen molar-refractivity contribution in [1.29, 1.82) is 0 Å². The maximum absolute atomic E-state index is 11.9. The van der Waals surface area contributed by atoms with Crippen LogP contribution in [0.15, 0.2) is 40.8 Å². The number of hydrogen-bond acceptors (Lipinski definition) is 5. The van der Waals surface area contributed by atoms with Gasteiger partial charge in [-0.1, -0.05) is 38.1 Å². The first-order chi connectivity index (χ1) is 10.9. The Morgan fingerprint density at radius 1 is 1.21 bits per heavy atom. The molecule has 24 heavy (non-hydrogen) atoms. The molecule has 130 valence electrons. The molecule has 1 aromatic heterocycles. The van der Waals surface area contributed by atoms with E-state index in [2.05, 4.69) is 19.2 Å². The summed E-state index contributed by atoms with van der Waals surface area (Å²) >= 11 is 0. The highest BCUT2D eigenvalue weighted by Crippen LogP contribution is 2.18. The first kappa shape index (κ1) is 19.7. The minimum atomic E-state index is -0.696. The summed E-state index contributed by atoms with van der Waals surface area (Å²) in [5.41, 5.74) is 8.17. The number of carbonyl (C=O) groups is 1. The number of halogens is 1. The summed E-state index contributed by atoms with van der Waals surface area (Å²) in [5.74, 6) is -0.676. The Kier molecular flexibility index (Phi) is 6.94. The van der Waals surface area contributed by atoms with Gasteiger partial charge in [0.1, 0.15) is 4.92 Å². The molecule has 1 heterocycles. The van der Waals surface area contributed by atoms with Gasteiger partial charge in [0.25, 0.3) is 5.91 Å². The van der Waals surface area contributed by atoms with Gasteiger partial charge in [0.15, 0.2) is 5.76 Å². The summed E-state index contributed by atoms with van der Waals surface area (Å²) in [6.45, 7) is 4.42. The predicted octanol–water partition coefficient (Wildman–Crippen LogP) is 3.16. The number of nitro groups is 1. The van der Waals surface area contributed by atoms with Gasteiger partial charge in [-0.15, -0.1) is 12.4 Å². The Morgan fingerprint density at radius 3 is 2.29 bits per heavy atom.